The second kappa shape index (κ2) is 6.25. The molecule has 3 aromatic rings. The van der Waals surface area contributed by atoms with E-state index in [1.165, 1.54) is 29.2 Å². The molecule has 4 rings (SSSR count). The first kappa shape index (κ1) is 18.3. The predicted octanol–water partition coefficient (Wildman–Crippen LogP) is 3.59. The number of carbonyl (C=O) groups is 1. The molecule has 0 aliphatic carbocycles. The lowest BCUT2D eigenvalue weighted by atomic mass is 10.0. The van der Waals surface area contributed by atoms with Crippen LogP contribution in [0.1, 0.15) is 5.56 Å². The molecule has 1 amide bonds. The highest BCUT2D eigenvalue weighted by Gasteiger charge is 2.46. The molecular formula is C18H13F5N4O. The number of nitrogens with zero attached hydrogens (tertiary/aromatic N) is 4. The van der Waals surface area contributed by atoms with Gasteiger partial charge in [-0.15, -0.1) is 0 Å². The molecule has 0 bridgehead atoms. The summed E-state index contributed by atoms with van der Waals surface area (Å²) in [5, 5.41) is 4.04. The third kappa shape index (κ3) is 3.41. The summed E-state index contributed by atoms with van der Waals surface area (Å²) in [5.74, 6) is -3.37. The van der Waals surface area contributed by atoms with Crippen molar-refractivity contribution in [3.05, 3.63) is 48.3 Å². The molecule has 1 fully saturated rings. The quantitative estimate of drug-likeness (QED) is 0.636. The highest BCUT2D eigenvalue weighted by Crippen LogP contribution is 2.32. The Morgan fingerprint density at radius 3 is 2.54 bits per heavy atom. The van der Waals surface area contributed by atoms with Crippen molar-refractivity contribution in [2.45, 2.75) is 18.6 Å². The summed E-state index contributed by atoms with van der Waals surface area (Å²) in [6, 6.07) is 6.38. The van der Waals surface area contributed by atoms with Crippen LogP contribution < -0.4 is 0 Å². The van der Waals surface area contributed by atoms with E-state index in [0.29, 0.717) is 22.2 Å². The summed E-state index contributed by atoms with van der Waals surface area (Å²) in [4.78, 5) is 17.3. The Balaban J connectivity index is 1.63. The van der Waals surface area contributed by atoms with Crippen LogP contribution in [0.25, 0.3) is 22.2 Å². The fraction of sp³-hybridized carbons (Fsp3) is 0.278. The van der Waals surface area contributed by atoms with Gasteiger partial charge in [0.1, 0.15) is 12.1 Å². The number of likely N-dealkylation sites (tertiary alicyclic amines) is 1. The van der Waals surface area contributed by atoms with Crippen LogP contribution in [-0.2, 0) is 17.5 Å². The van der Waals surface area contributed by atoms with Crippen molar-refractivity contribution in [3.8, 4) is 11.1 Å². The van der Waals surface area contributed by atoms with Gasteiger partial charge in [-0.2, -0.15) is 18.3 Å². The molecule has 10 heteroatoms. The van der Waals surface area contributed by atoms with Crippen LogP contribution in [0, 0.1) is 0 Å². The lowest BCUT2D eigenvalue weighted by Gasteiger charge is -2.38. The minimum absolute atomic E-state index is 0.257. The number of benzene rings is 1. The Kier molecular flexibility index (Phi) is 4.09. The molecule has 0 radical (unpaired) electrons. The highest BCUT2D eigenvalue weighted by molar-refractivity contribution is 5.83. The third-order valence-corrected chi connectivity index (χ3v) is 4.50. The summed E-state index contributed by atoms with van der Waals surface area (Å²) in [6.45, 7) is -1.51. The number of fused-ring (bicyclic) bond motifs is 1. The molecule has 0 spiro atoms. The monoisotopic (exact) mass is 396 g/mol. The van der Waals surface area contributed by atoms with Gasteiger partial charge in [-0.3, -0.25) is 14.5 Å². The molecule has 0 unspecified atom stereocenters. The zero-order valence-corrected chi connectivity index (χ0v) is 14.2. The van der Waals surface area contributed by atoms with Crippen molar-refractivity contribution in [1.82, 2.24) is 19.7 Å². The van der Waals surface area contributed by atoms with E-state index in [1.807, 2.05) is 0 Å². The molecule has 28 heavy (non-hydrogen) atoms. The second-order valence-corrected chi connectivity index (χ2v) is 6.61. The highest BCUT2D eigenvalue weighted by atomic mass is 19.4. The summed E-state index contributed by atoms with van der Waals surface area (Å²) in [7, 11) is 0. The number of aromatic nitrogens is 3. The van der Waals surface area contributed by atoms with E-state index in [-0.39, 0.29) is 6.54 Å². The topological polar surface area (TPSA) is 51.0 Å². The Bertz CT molecular complexity index is 1050. The fourth-order valence-corrected chi connectivity index (χ4v) is 3.03. The van der Waals surface area contributed by atoms with Crippen LogP contribution in [0.15, 0.2) is 42.7 Å². The lowest BCUT2D eigenvalue weighted by Crippen LogP contribution is -2.59. The molecule has 1 saturated heterocycles. The molecule has 5 nitrogen and oxygen atoms in total. The molecule has 1 aliphatic heterocycles. The maximum Gasteiger partial charge on any atom is 0.416 e. The van der Waals surface area contributed by atoms with Gasteiger partial charge in [0.2, 0.25) is 5.91 Å². The van der Waals surface area contributed by atoms with E-state index < -0.39 is 36.7 Å². The normalized spacial score (nSPS) is 16.2. The predicted molar refractivity (Wildman–Crippen MR) is 89.5 cm³/mol. The minimum atomic E-state index is -4.47. The van der Waals surface area contributed by atoms with E-state index >= 15 is 0 Å². The average molecular weight is 396 g/mol. The van der Waals surface area contributed by atoms with Gasteiger partial charge in [0.25, 0.3) is 5.92 Å². The van der Waals surface area contributed by atoms with Crippen molar-refractivity contribution in [1.29, 1.82) is 0 Å². The first-order chi connectivity index (χ1) is 13.1. The van der Waals surface area contributed by atoms with Gasteiger partial charge in [0.15, 0.2) is 0 Å². The molecule has 0 N–H and O–H groups in total. The zero-order valence-electron chi connectivity index (χ0n) is 14.2. The fourth-order valence-electron chi connectivity index (χ4n) is 3.03. The molecule has 2 aromatic heterocycles. The second-order valence-electron chi connectivity index (χ2n) is 6.61. The number of pyridine rings is 1. The molecule has 1 aromatic carbocycles. The van der Waals surface area contributed by atoms with Gasteiger partial charge >= 0.3 is 6.18 Å². The summed E-state index contributed by atoms with van der Waals surface area (Å²) in [5.41, 5.74) is 0.814. The van der Waals surface area contributed by atoms with E-state index in [1.54, 1.807) is 6.07 Å². The van der Waals surface area contributed by atoms with Crippen LogP contribution in [0.3, 0.4) is 0 Å². The maximum atomic E-state index is 12.9. The van der Waals surface area contributed by atoms with Crippen LogP contribution >= 0.6 is 0 Å². The Morgan fingerprint density at radius 2 is 1.86 bits per heavy atom. The molecule has 0 saturated carbocycles. The van der Waals surface area contributed by atoms with Gasteiger partial charge in [-0.1, -0.05) is 12.1 Å². The van der Waals surface area contributed by atoms with Gasteiger partial charge in [0, 0.05) is 11.8 Å². The smallest absolute Gasteiger partial charge is 0.329 e. The number of amides is 1. The lowest BCUT2D eigenvalue weighted by molar-refractivity contribution is -0.166. The van der Waals surface area contributed by atoms with E-state index in [2.05, 4.69) is 10.1 Å². The first-order valence-corrected chi connectivity index (χ1v) is 8.27. The van der Waals surface area contributed by atoms with E-state index in [0.717, 1.165) is 17.0 Å². The summed E-state index contributed by atoms with van der Waals surface area (Å²) >= 11 is 0. The molecule has 146 valence electrons. The molecule has 0 atom stereocenters. The van der Waals surface area contributed by atoms with Crippen LogP contribution in [0.2, 0.25) is 0 Å². The maximum absolute atomic E-state index is 12.9. The van der Waals surface area contributed by atoms with Gasteiger partial charge in [0.05, 0.1) is 30.4 Å². The summed E-state index contributed by atoms with van der Waals surface area (Å²) in [6.07, 6.45) is -1.65. The van der Waals surface area contributed by atoms with Gasteiger partial charge in [-0.05, 0) is 23.8 Å². The number of halogens is 5. The SMILES string of the molecule is O=C(Cn1ncc2ncc(-c3cccc(C(F)(F)F)c3)cc21)N1CC(F)(F)C1. The first-order valence-electron chi connectivity index (χ1n) is 8.27. The number of rotatable bonds is 3. The molecule has 3 heterocycles. The van der Waals surface area contributed by atoms with Crippen molar-refractivity contribution in [2.75, 3.05) is 13.1 Å². The van der Waals surface area contributed by atoms with Crippen molar-refractivity contribution < 1.29 is 26.7 Å². The zero-order chi connectivity index (χ0) is 20.1. The Labute approximate surface area is 155 Å². The molecular weight excluding hydrogens is 383 g/mol. The minimum Gasteiger partial charge on any atom is -0.329 e. The van der Waals surface area contributed by atoms with Crippen LogP contribution in [0.5, 0.6) is 0 Å². The van der Waals surface area contributed by atoms with Gasteiger partial charge < -0.3 is 4.90 Å². The molecule has 1 aliphatic rings. The third-order valence-electron chi connectivity index (χ3n) is 4.50. The van der Waals surface area contributed by atoms with Gasteiger partial charge in [-0.25, -0.2) is 8.78 Å². The van der Waals surface area contributed by atoms with E-state index in [4.69, 9.17) is 0 Å². The Hall–Kier alpha value is -3.04. The average Bonchev–Trinajstić information content (AvgIpc) is 3.01. The number of hydrogen-bond acceptors (Lipinski definition) is 3. The Morgan fingerprint density at radius 1 is 1.11 bits per heavy atom. The number of alkyl halides is 5. The summed E-state index contributed by atoms with van der Waals surface area (Å²) < 4.78 is 66.0. The van der Waals surface area contributed by atoms with Crippen LogP contribution in [-0.4, -0.2) is 44.6 Å². The van der Waals surface area contributed by atoms with E-state index in [9.17, 15) is 26.7 Å². The van der Waals surface area contributed by atoms with Crippen molar-refractivity contribution in [2.24, 2.45) is 0 Å². The van der Waals surface area contributed by atoms with Crippen molar-refractivity contribution in [3.63, 3.8) is 0 Å². The standard InChI is InChI=1S/C18H13F5N4O/c19-17(20)9-26(10-17)16(28)8-27-15-5-12(6-24-14(15)7-25-27)11-2-1-3-13(4-11)18(21,22)23/h1-7H,8-10H2. The van der Waals surface area contributed by atoms with Crippen LogP contribution in [0.4, 0.5) is 22.0 Å². The number of carbonyl (C=O) groups excluding carboxylic acids is 1. The van der Waals surface area contributed by atoms with Crippen molar-refractivity contribution >= 4 is 16.9 Å². The number of hydrogen-bond donors (Lipinski definition) is 0. The largest absolute Gasteiger partial charge is 0.416 e.